The van der Waals surface area contributed by atoms with Crippen molar-refractivity contribution in [3.63, 3.8) is 0 Å². The summed E-state index contributed by atoms with van der Waals surface area (Å²) in [5, 5.41) is 0. The van der Waals surface area contributed by atoms with Crippen LogP contribution in [0, 0.1) is 6.92 Å². The zero-order valence-corrected chi connectivity index (χ0v) is 40.1. The Balaban J connectivity index is 0.913. The monoisotopic (exact) mass is 907 g/mol. The first-order chi connectivity index (χ1) is 35.0. The number of hydrogen-bond acceptors (Lipinski definition) is 1. The molecule has 1 aliphatic rings. The summed E-state index contributed by atoms with van der Waals surface area (Å²) in [6.07, 6.45) is 0. The molecule has 1 nitrogen and oxygen atoms in total. The van der Waals surface area contributed by atoms with Gasteiger partial charge in [0.25, 0.3) is 0 Å². The third-order valence-electron chi connectivity index (χ3n) is 14.8. The van der Waals surface area contributed by atoms with Gasteiger partial charge in [-0.1, -0.05) is 237 Å². The minimum Gasteiger partial charge on any atom is -0.310 e. The fourth-order valence-electron chi connectivity index (χ4n) is 11.3. The summed E-state index contributed by atoms with van der Waals surface area (Å²) in [6, 6.07) is 103. The predicted octanol–water partition coefficient (Wildman–Crippen LogP) is 18.6. The molecule has 0 saturated carbocycles. The van der Waals surface area contributed by atoms with Gasteiger partial charge < -0.3 is 4.90 Å². The Kier molecular flexibility index (Phi) is 11.4. The van der Waals surface area contributed by atoms with Gasteiger partial charge in [-0.05, 0) is 150 Å². The Bertz CT molecular complexity index is 3590. The van der Waals surface area contributed by atoms with Gasteiger partial charge in [-0.15, -0.1) is 0 Å². The van der Waals surface area contributed by atoms with Gasteiger partial charge in [-0.25, -0.2) is 0 Å². The van der Waals surface area contributed by atoms with Crippen LogP contribution in [0.3, 0.4) is 0 Å². The van der Waals surface area contributed by atoms with E-state index in [-0.39, 0.29) is 5.92 Å². The average molecular weight is 908 g/mol. The first-order valence-corrected chi connectivity index (χ1v) is 24.8. The second-order valence-electron chi connectivity index (χ2n) is 18.9. The Morgan fingerprint density at radius 1 is 0.310 bits per heavy atom. The van der Waals surface area contributed by atoms with Crippen molar-refractivity contribution in [1.29, 1.82) is 0 Å². The molecule has 0 bridgehead atoms. The summed E-state index contributed by atoms with van der Waals surface area (Å²) in [5.74, 6) is 0.173. The molecule has 1 atom stereocenters. The lowest BCUT2D eigenvalue weighted by molar-refractivity contribution is 0.768. The van der Waals surface area contributed by atoms with Gasteiger partial charge in [0.05, 0.1) is 5.41 Å². The van der Waals surface area contributed by atoms with Crippen LogP contribution in [-0.4, -0.2) is 0 Å². The van der Waals surface area contributed by atoms with Crippen molar-refractivity contribution in [1.82, 2.24) is 0 Å². The lowest BCUT2D eigenvalue weighted by Crippen LogP contribution is -2.28. The number of fused-ring (bicyclic) bond motifs is 3. The maximum absolute atomic E-state index is 2.44. The molecular weight excluding hydrogens is 855 g/mol. The molecule has 0 heterocycles. The van der Waals surface area contributed by atoms with Crippen LogP contribution in [0.1, 0.15) is 51.8 Å². The Labute approximate surface area is 418 Å². The molecule has 0 amide bonds. The highest BCUT2D eigenvalue weighted by Gasteiger charge is 2.46. The molecule has 0 N–H and O–H groups in total. The van der Waals surface area contributed by atoms with Crippen LogP contribution in [-0.2, 0) is 5.41 Å². The third-order valence-corrected chi connectivity index (χ3v) is 14.8. The van der Waals surface area contributed by atoms with Crippen LogP contribution in [0.15, 0.2) is 279 Å². The maximum Gasteiger partial charge on any atom is 0.0714 e. The summed E-state index contributed by atoms with van der Waals surface area (Å²) in [5.41, 5.74) is 24.1. The number of anilines is 3. The van der Waals surface area contributed by atoms with Crippen LogP contribution in [0.25, 0.3) is 55.6 Å². The largest absolute Gasteiger partial charge is 0.310 e. The van der Waals surface area contributed by atoms with Gasteiger partial charge in [0.15, 0.2) is 0 Å². The molecule has 338 valence electrons. The highest BCUT2D eigenvalue weighted by atomic mass is 15.1. The van der Waals surface area contributed by atoms with E-state index in [2.05, 4.69) is 298 Å². The molecule has 0 spiro atoms. The molecule has 0 fully saturated rings. The molecule has 11 aromatic carbocycles. The van der Waals surface area contributed by atoms with E-state index in [4.69, 9.17) is 0 Å². The van der Waals surface area contributed by atoms with Crippen LogP contribution in [0.5, 0.6) is 0 Å². The van der Waals surface area contributed by atoms with Crippen LogP contribution in [0.4, 0.5) is 17.1 Å². The number of nitrogens with zero attached hydrogens (tertiary/aromatic N) is 1. The molecule has 0 aliphatic heterocycles. The maximum atomic E-state index is 2.44. The number of benzene rings is 11. The van der Waals surface area contributed by atoms with E-state index in [0.717, 1.165) is 17.1 Å². The lowest BCUT2D eigenvalue weighted by Gasteiger charge is -2.35. The highest BCUT2D eigenvalue weighted by molar-refractivity contribution is 5.90. The van der Waals surface area contributed by atoms with Crippen molar-refractivity contribution in [2.45, 2.75) is 25.2 Å². The van der Waals surface area contributed by atoms with E-state index in [1.54, 1.807) is 0 Å². The molecule has 1 unspecified atom stereocenters. The van der Waals surface area contributed by atoms with Crippen LogP contribution in [0.2, 0.25) is 0 Å². The van der Waals surface area contributed by atoms with Crippen molar-refractivity contribution in [2.24, 2.45) is 0 Å². The fraction of sp³-hybridized carbons (Fsp3) is 0.0571. The van der Waals surface area contributed by atoms with Crippen molar-refractivity contribution in [3.05, 3.63) is 318 Å². The molecule has 12 rings (SSSR count). The second kappa shape index (κ2) is 18.6. The molecule has 0 radical (unpaired) electrons. The highest BCUT2D eigenvalue weighted by Crippen LogP contribution is 2.57. The van der Waals surface area contributed by atoms with Gasteiger partial charge >= 0.3 is 0 Å². The molecule has 1 aliphatic carbocycles. The minimum atomic E-state index is -0.491. The zero-order valence-electron chi connectivity index (χ0n) is 40.1. The molecule has 0 saturated heterocycles. The van der Waals surface area contributed by atoms with E-state index in [1.165, 1.54) is 94.6 Å². The van der Waals surface area contributed by atoms with E-state index in [0.29, 0.717) is 0 Å². The Hall–Kier alpha value is -8.78. The predicted molar refractivity (Wildman–Crippen MR) is 299 cm³/mol. The molecular formula is C70H53N. The number of aryl methyl sites for hydroxylation is 1. The molecule has 71 heavy (non-hydrogen) atoms. The normalized spacial score (nSPS) is 12.7. The quantitative estimate of drug-likeness (QED) is 0.125. The first kappa shape index (κ1) is 43.5. The number of hydrogen-bond donors (Lipinski definition) is 0. The smallest absolute Gasteiger partial charge is 0.0714 e. The van der Waals surface area contributed by atoms with Gasteiger partial charge in [-0.2, -0.15) is 0 Å². The van der Waals surface area contributed by atoms with Gasteiger partial charge in [0.1, 0.15) is 0 Å². The number of para-hydroxylation sites is 1. The molecule has 1 heteroatoms. The van der Waals surface area contributed by atoms with Gasteiger partial charge in [-0.3, -0.25) is 0 Å². The SMILES string of the molecule is Cc1ccccc1-c1ccc(-c2cccc(-c3ccc(N(c4ccccc4)c4ccc5c(c4)C(c4ccccc4)(c4ccccc4)c4ccccc4-5)cc3)c2)cc1C(C)c1ccc(-c2ccccc2)cc1. The van der Waals surface area contributed by atoms with Crippen molar-refractivity contribution < 1.29 is 0 Å². The summed E-state index contributed by atoms with van der Waals surface area (Å²) in [7, 11) is 0. The summed E-state index contributed by atoms with van der Waals surface area (Å²) in [6.45, 7) is 4.56. The summed E-state index contributed by atoms with van der Waals surface area (Å²) >= 11 is 0. The first-order valence-electron chi connectivity index (χ1n) is 24.8. The van der Waals surface area contributed by atoms with E-state index >= 15 is 0 Å². The van der Waals surface area contributed by atoms with Crippen LogP contribution >= 0.6 is 0 Å². The lowest BCUT2D eigenvalue weighted by atomic mass is 9.67. The molecule has 11 aromatic rings. The van der Waals surface area contributed by atoms with Crippen LogP contribution < -0.4 is 4.90 Å². The third kappa shape index (κ3) is 7.87. The zero-order chi connectivity index (χ0) is 47.7. The summed E-state index contributed by atoms with van der Waals surface area (Å²) < 4.78 is 0. The van der Waals surface area contributed by atoms with E-state index in [1.807, 2.05) is 0 Å². The van der Waals surface area contributed by atoms with Crippen molar-refractivity contribution in [2.75, 3.05) is 4.90 Å². The van der Waals surface area contributed by atoms with Gasteiger partial charge in [0, 0.05) is 23.0 Å². The van der Waals surface area contributed by atoms with E-state index in [9.17, 15) is 0 Å². The Morgan fingerprint density at radius 2 is 0.761 bits per heavy atom. The van der Waals surface area contributed by atoms with Crippen molar-refractivity contribution in [3.8, 4) is 55.6 Å². The topological polar surface area (TPSA) is 3.24 Å². The second-order valence-corrected chi connectivity index (χ2v) is 18.9. The number of rotatable bonds is 11. The standard InChI is InChI=1S/C70H53N/c1-49-20-15-16-31-63(49)64-44-40-57(47-67(64)50(2)51-34-36-53(37-35-51)52-21-7-3-8-22-52)56-24-19-23-55(46-56)54-38-41-61(42-39-54)71(60-29-13-6-14-30-60)62-43-45-66-65-32-17-18-33-68(65)70(69(66)48-62,58-25-9-4-10-26-58)59-27-11-5-12-28-59/h3-48,50H,1-2H3. The fourth-order valence-corrected chi connectivity index (χ4v) is 11.3. The average Bonchev–Trinajstić information content (AvgIpc) is 3.74. The van der Waals surface area contributed by atoms with Crippen molar-refractivity contribution >= 4 is 17.1 Å². The molecule has 0 aromatic heterocycles. The van der Waals surface area contributed by atoms with E-state index < -0.39 is 5.41 Å². The van der Waals surface area contributed by atoms with Gasteiger partial charge in [0.2, 0.25) is 0 Å². The Morgan fingerprint density at radius 3 is 1.44 bits per heavy atom. The minimum absolute atomic E-state index is 0.173. The summed E-state index contributed by atoms with van der Waals surface area (Å²) in [4.78, 5) is 2.40.